The standard InChI is InChI=1S/C7H6B2/c8-7(9)6-4-2-1-3-5-6/h1-5,7H. The molecule has 9 heavy (non-hydrogen) atoms. The fourth-order valence-electron chi connectivity index (χ4n) is 0.675. The van der Waals surface area contributed by atoms with E-state index in [9.17, 15) is 0 Å². The van der Waals surface area contributed by atoms with Gasteiger partial charge in [0.15, 0.2) is 0 Å². The monoisotopic (exact) mass is 112 g/mol. The zero-order chi connectivity index (χ0) is 6.69. The molecule has 0 aromatic heterocycles. The van der Waals surface area contributed by atoms with E-state index in [4.69, 9.17) is 15.7 Å². The Kier molecular flexibility index (Phi) is 1.99. The molecule has 0 saturated heterocycles. The second-order valence-corrected chi connectivity index (χ2v) is 1.94. The zero-order valence-corrected chi connectivity index (χ0v) is 5.12. The van der Waals surface area contributed by atoms with Crippen LogP contribution in [0.15, 0.2) is 30.3 Å². The summed E-state index contributed by atoms with van der Waals surface area (Å²) in [5, 5.41) is 0. The van der Waals surface area contributed by atoms with Crippen LogP contribution in [-0.2, 0) is 0 Å². The lowest BCUT2D eigenvalue weighted by molar-refractivity contribution is 1.35. The van der Waals surface area contributed by atoms with E-state index in [0.717, 1.165) is 5.56 Å². The average molecular weight is 112 g/mol. The molecule has 1 rings (SSSR count). The summed E-state index contributed by atoms with van der Waals surface area (Å²) in [5.74, 6) is 0. The molecule has 40 valence electrons. The van der Waals surface area contributed by atoms with Gasteiger partial charge in [-0.05, 0) is 0 Å². The van der Waals surface area contributed by atoms with Gasteiger partial charge in [0.25, 0.3) is 0 Å². The van der Waals surface area contributed by atoms with Crippen molar-refractivity contribution in [1.82, 2.24) is 0 Å². The number of hydrogen-bond acceptors (Lipinski definition) is 0. The Morgan fingerprint density at radius 1 is 1.00 bits per heavy atom. The van der Waals surface area contributed by atoms with Crippen LogP contribution in [0.4, 0.5) is 0 Å². The number of hydrogen-bond donors (Lipinski definition) is 0. The number of benzene rings is 1. The van der Waals surface area contributed by atoms with E-state index < -0.39 is 0 Å². The lowest BCUT2D eigenvalue weighted by Crippen LogP contribution is -1.94. The average Bonchev–Trinajstić information content (AvgIpc) is 1.90. The first-order valence-corrected chi connectivity index (χ1v) is 2.87. The third-order valence-corrected chi connectivity index (χ3v) is 1.18. The van der Waals surface area contributed by atoms with Gasteiger partial charge < -0.3 is 0 Å². The van der Waals surface area contributed by atoms with Gasteiger partial charge in [0.2, 0.25) is 0 Å². The minimum absolute atomic E-state index is 0.341. The van der Waals surface area contributed by atoms with Crippen LogP contribution in [0.25, 0.3) is 0 Å². The highest BCUT2D eigenvalue weighted by atomic mass is 13.9. The molecule has 0 bridgehead atoms. The molecule has 0 saturated carbocycles. The second kappa shape index (κ2) is 2.77. The Hall–Kier alpha value is -0.650. The molecule has 0 nitrogen and oxygen atoms in total. The van der Waals surface area contributed by atoms with E-state index in [1.54, 1.807) is 0 Å². The lowest BCUT2D eigenvalue weighted by atomic mass is 9.67. The van der Waals surface area contributed by atoms with Crippen LogP contribution in [0.5, 0.6) is 0 Å². The van der Waals surface area contributed by atoms with Gasteiger partial charge in [-0.15, -0.1) is 0 Å². The van der Waals surface area contributed by atoms with E-state index in [1.165, 1.54) is 0 Å². The van der Waals surface area contributed by atoms with Gasteiger partial charge in [-0.1, -0.05) is 41.6 Å². The van der Waals surface area contributed by atoms with Crippen molar-refractivity contribution in [2.75, 3.05) is 0 Å². The lowest BCUT2D eigenvalue weighted by Gasteiger charge is -2.02. The largest absolute Gasteiger partial charge is 0.0862 e. The molecule has 0 aliphatic rings. The van der Waals surface area contributed by atoms with Crippen LogP contribution in [0, 0.1) is 0 Å². The summed E-state index contributed by atoms with van der Waals surface area (Å²) in [6, 6.07) is 9.59. The minimum Gasteiger partial charge on any atom is -0.0862 e. The summed E-state index contributed by atoms with van der Waals surface area (Å²) in [5.41, 5.74) is 0.628. The van der Waals surface area contributed by atoms with Gasteiger partial charge in [0.05, 0.1) is 15.7 Å². The molecule has 4 radical (unpaired) electrons. The highest BCUT2D eigenvalue weighted by molar-refractivity contribution is 6.35. The maximum absolute atomic E-state index is 5.39. The quantitative estimate of drug-likeness (QED) is 0.475. The Morgan fingerprint density at radius 2 is 1.56 bits per heavy atom. The second-order valence-electron chi connectivity index (χ2n) is 1.94. The molecular weight excluding hydrogens is 106 g/mol. The summed E-state index contributed by atoms with van der Waals surface area (Å²) in [6.07, 6.45) is 0. The van der Waals surface area contributed by atoms with Crippen molar-refractivity contribution in [2.45, 2.75) is 5.72 Å². The predicted octanol–water partition coefficient (Wildman–Crippen LogP) is 1.02. The van der Waals surface area contributed by atoms with Gasteiger partial charge in [-0.3, -0.25) is 0 Å². The summed E-state index contributed by atoms with van der Waals surface area (Å²) in [7, 11) is 10.8. The molecule has 0 aliphatic heterocycles. The van der Waals surface area contributed by atoms with Crippen molar-refractivity contribution in [2.24, 2.45) is 0 Å². The maximum Gasteiger partial charge on any atom is 0.0637 e. The molecule has 2 heteroatoms. The topological polar surface area (TPSA) is 0 Å². The first-order valence-electron chi connectivity index (χ1n) is 2.87. The first-order chi connectivity index (χ1) is 4.30. The van der Waals surface area contributed by atoms with Gasteiger partial charge in [-0.25, -0.2) is 0 Å². The molecule has 0 fully saturated rings. The van der Waals surface area contributed by atoms with Crippen molar-refractivity contribution in [3.05, 3.63) is 35.9 Å². The Bertz CT molecular complexity index is 170. The Balaban J connectivity index is 2.85. The van der Waals surface area contributed by atoms with Crippen molar-refractivity contribution in [3.63, 3.8) is 0 Å². The van der Waals surface area contributed by atoms with Crippen LogP contribution in [-0.4, -0.2) is 15.7 Å². The predicted molar refractivity (Wildman–Crippen MR) is 40.7 cm³/mol. The summed E-state index contributed by atoms with van der Waals surface area (Å²) < 4.78 is 0. The van der Waals surface area contributed by atoms with E-state index in [2.05, 4.69) is 0 Å². The Morgan fingerprint density at radius 3 is 1.89 bits per heavy atom. The van der Waals surface area contributed by atoms with Gasteiger partial charge >= 0.3 is 0 Å². The molecule has 1 aromatic carbocycles. The highest BCUT2D eigenvalue weighted by Gasteiger charge is 1.92. The summed E-state index contributed by atoms with van der Waals surface area (Å²) in [6.45, 7) is 0. The summed E-state index contributed by atoms with van der Waals surface area (Å²) >= 11 is 0. The summed E-state index contributed by atoms with van der Waals surface area (Å²) in [4.78, 5) is 0. The molecule has 0 amide bonds. The van der Waals surface area contributed by atoms with Crippen LogP contribution < -0.4 is 0 Å². The van der Waals surface area contributed by atoms with Gasteiger partial charge in [-0.2, -0.15) is 0 Å². The van der Waals surface area contributed by atoms with Crippen molar-refractivity contribution in [3.8, 4) is 0 Å². The Labute approximate surface area is 58.1 Å². The van der Waals surface area contributed by atoms with E-state index in [-0.39, 0.29) is 5.72 Å². The first kappa shape index (κ1) is 6.47. The minimum atomic E-state index is -0.341. The fourth-order valence-corrected chi connectivity index (χ4v) is 0.675. The van der Waals surface area contributed by atoms with Crippen molar-refractivity contribution < 1.29 is 0 Å². The van der Waals surface area contributed by atoms with Crippen molar-refractivity contribution >= 4 is 15.7 Å². The highest BCUT2D eigenvalue weighted by Crippen LogP contribution is 2.05. The SMILES string of the molecule is [B]C([B])c1ccccc1. The van der Waals surface area contributed by atoms with E-state index in [0.29, 0.717) is 0 Å². The molecule has 0 unspecified atom stereocenters. The maximum atomic E-state index is 5.39. The third kappa shape index (κ3) is 1.63. The zero-order valence-electron chi connectivity index (χ0n) is 5.12. The molecule has 0 N–H and O–H groups in total. The third-order valence-electron chi connectivity index (χ3n) is 1.18. The van der Waals surface area contributed by atoms with E-state index in [1.807, 2.05) is 30.3 Å². The normalized spacial score (nSPS) is 9.89. The van der Waals surface area contributed by atoms with Crippen LogP contribution in [0.2, 0.25) is 0 Å². The molecule has 0 aliphatic carbocycles. The smallest absolute Gasteiger partial charge is 0.0637 e. The van der Waals surface area contributed by atoms with Crippen LogP contribution in [0.1, 0.15) is 11.3 Å². The van der Waals surface area contributed by atoms with Crippen molar-refractivity contribution in [1.29, 1.82) is 0 Å². The fraction of sp³-hybridized carbons (Fsp3) is 0.143. The number of rotatable bonds is 1. The molecule has 1 aromatic rings. The van der Waals surface area contributed by atoms with E-state index >= 15 is 0 Å². The van der Waals surface area contributed by atoms with Gasteiger partial charge in [0, 0.05) is 0 Å². The molecule has 0 heterocycles. The van der Waals surface area contributed by atoms with Crippen LogP contribution in [0.3, 0.4) is 0 Å². The molecule has 0 spiro atoms. The molecule has 0 atom stereocenters. The molecular formula is C7H6B2. The van der Waals surface area contributed by atoms with Gasteiger partial charge in [0.1, 0.15) is 0 Å². The van der Waals surface area contributed by atoms with Crippen LogP contribution >= 0.6 is 0 Å².